The van der Waals surface area contributed by atoms with Crippen molar-refractivity contribution in [1.82, 2.24) is 9.55 Å². The zero-order valence-corrected chi connectivity index (χ0v) is 7.77. The molecule has 4 nitrogen and oxygen atoms in total. The summed E-state index contributed by atoms with van der Waals surface area (Å²) in [5, 5.41) is 9.31. The van der Waals surface area contributed by atoms with E-state index in [2.05, 4.69) is 4.98 Å². The smallest absolute Gasteiger partial charge is 0.116 e. The van der Waals surface area contributed by atoms with Gasteiger partial charge in [0.05, 0.1) is 6.10 Å². The molecule has 13 heavy (non-hydrogen) atoms. The molecule has 1 aliphatic rings. The average Bonchev–Trinajstić information content (AvgIpc) is 2.46. The third kappa shape index (κ3) is 1.17. The molecule has 0 atom stereocenters. The fraction of sp³-hybridized carbons (Fsp3) is 0.667. The first-order valence-electron chi connectivity index (χ1n) is 4.54. The average molecular weight is 181 g/mol. The Morgan fingerprint density at radius 1 is 1.77 bits per heavy atom. The minimum Gasteiger partial charge on any atom is -0.393 e. The van der Waals surface area contributed by atoms with Crippen molar-refractivity contribution in [2.45, 2.75) is 24.4 Å². The van der Waals surface area contributed by atoms with Gasteiger partial charge in [0, 0.05) is 31.4 Å². The van der Waals surface area contributed by atoms with Crippen molar-refractivity contribution in [3.8, 4) is 0 Å². The van der Waals surface area contributed by atoms with Gasteiger partial charge in [0.2, 0.25) is 0 Å². The molecule has 0 radical (unpaired) electrons. The number of hydrogen-bond acceptors (Lipinski definition) is 3. The van der Waals surface area contributed by atoms with Gasteiger partial charge in [-0.05, 0) is 12.8 Å². The largest absolute Gasteiger partial charge is 0.393 e. The molecule has 0 saturated heterocycles. The van der Waals surface area contributed by atoms with Gasteiger partial charge in [-0.15, -0.1) is 0 Å². The van der Waals surface area contributed by atoms with Crippen LogP contribution < -0.4 is 5.73 Å². The molecular formula is C9H15N3O. The first kappa shape index (κ1) is 8.72. The number of nitrogens with zero attached hydrogens (tertiary/aromatic N) is 2. The summed E-state index contributed by atoms with van der Waals surface area (Å²) in [7, 11) is 1.96. The van der Waals surface area contributed by atoms with Gasteiger partial charge in [0.1, 0.15) is 5.82 Å². The van der Waals surface area contributed by atoms with E-state index in [1.165, 1.54) is 0 Å². The standard InChI is InChI=1S/C9H15N3O/c1-12-3-2-11-8(12)9(6-10)4-7(13)5-9/h2-3,7,13H,4-6,10H2,1H3. The second-order valence-electron chi connectivity index (χ2n) is 3.91. The lowest BCUT2D eigenvalue weighted by Gasteiger charge is -2.43. The topological polar surface area (TPSA) is 64.1 Å². The van der Waals surface area contributed by atoms with Gasteiger partial charge < -0.3 is 15.4 Å². The number of hydrogen-bond donors (Lipinski definition) is 2. The lowest BCUT2D eigenvalue weighted by atomic mass is 9.66. The van der Waals surface area contributed by atoms with Gasteiger partial charge in [-0.3, -0.25) is 0 Å². The van der Waals surface area contributed by atoms with Gasteiger partial charge >= 0.3 is 0 Å². The lowest BCUT2D eigenvalue weighted by molar-refractivity contribution is 0.0165. The molecule has 0 spiro atoms. The zero-order chi connectivity index (χ0) is 9.47. The summed E-state index contributed by atoms with van der Waals surface area (Å²) in [5.74, 6) is 1.00. The summed E-state index contributed by atoms with van der Waals surface area (Å²) in [6, 6.07) is 0. The van der Waals surface area contributed by atoms with Crippen LogP contribution in [0.15, 0.2) is 12.4 Å². The van der Waals surface area contributed by atoms with Crippen LogP contribution in [0.2, 0.25) is 0 Å². The first-order valence-corrected chi connectivity index (χ1v) is 4.54. The number of aliphatic hydroxyl groups excluding tert-OH is 1. The number of nitrogens with two attached hydrogens (primary N) is 1. The molecule has 0 amide bonds. The molecular weight excluding hydrogens is 166 g/mol. The molecule has 2 rings (SSSR count). The SMILES string of the molecule is Cn1ccnc1C1(CN)CC(O)C1. The first-order chi connectivity index (χ1) is 6.18. The van der Waals surface area contributed by atoms with Gasteiger partial charge in [-0.2, -0.15) is 0 Å². The Hall–Kier alpha value is -0.870. The normalized spacial score (nSPS) is 33.0. The molecule has 0 aromatic carbocycles. The number of imidazole rings is 1. The minimum absolute atomic E-state index is 0.0718. The molecule has 72 valence electrons. The van der Waals surface area contributed by atoms with Crippen LogP contribution in [0.25, 0.3) is 0 Å². The molecule has 3 N–H and O–H groups in total. The van der Waals surface area contributed by atoms with E-state index in [9.17, 15) is 5.11 Å². The van der Waals surface area contributed by atoms with Crippen molar-refractivity contribution >= 4 is 0 Å². The molecule has 1 heterocycles. The predicted octanol–water partition coefficient (Wildman–Crippen LogP) is -0.229. The number of aliphatic hydroxyl groups is 1. The van der Waals surface area contributed by atoms with E-state index in [0.29, 0.717) is 6.54 Å². The van der Waals surface area contributed by atoms with Crippen LogP contribution in [0.1, 0.15) is 18.7 Å². The van der Waals surface area contributed by atoms with Crippen LogP contribution in [-0.4, -0.2) is 27.3 Å². The predicted molar refractivity (Wildman–Crippen MR) is 49.2 cm³/mol. The van der Waals surface area contributed by atoms with Crippen LogP contribution >= 0.6 is 0 Å². The Morgan fingerprint density at radius 2 is 2.46 bits per heavy atom. The van der Waals surface area contributed by atoms with Crippen molar-refractivity contribution in [3.05, 3.63) is 18.2 Å². The monoisotopic (exact) mass is 181 g/mol. The van der Waals surface area contributed by atoms with Gasteiger partial charge in [0.15, 0.2) is 0 Å². The van der Waals surface area contributed by atoms with Crippen molar-refractivity contribution in [1.29, 1.82) is 0 Å². The Kier molecular flexibility index (Phi) is 1.89. The Morgan fingerprint density at radius 3 is 2.85 bits per heavy atom. The van der Waals surface area contributed by atoms with Crippen LogP contribution in [0.3, 0.4) is 0 Å². The number of aryl methyl sites for hydroxylation is 1. The number of aromatic nitrogens is 2. The highest BCUT2D eigenvalue weighted by Gasteiger charge is 2.46. The summed E-state index contributed by atoms with van der Waals surface area (Å²) in [5.41, 5.74) is 5.65. The summed E-state index contributed by atoms with van der Waals surface area (Å²) in [4.78, 5) is 4.29. The highest BCUT2D eigenvalue weighted by atomic mass is 16.3. The van der Waals surface area contributed by atoms with E-state index < -0.39 is 0 Å². The molecule has 4 heteroatoms. The molecule has 1 aromatic rings. The second-order valence-corrected chi connectivity index (χ2v) is 3.91. The van der Waals surface area contributed by atoms with Crippen molar-refractivity contribution in [3.63, 3.8) is 0 Å². The van der Waals surface area contributed by atoms with Gasteiger partial charge in [0.25, 0.3) is 0 Å². The van der Waals surface area contributed by atoms with Gasteiger partial charge in [-0.1, -0.05) is 0 Å². The zero-order valence-electron chi connectivity index (χ0n) is 7.77. The van der Waals surface area contributed by atoms with E-state index in [-0.39, 0.29) is 11.5 Å². The highest BCUT2D eigenvalue weighted by Crippen LogP contribution is 2.41. The third-order valence-electron chi connectivity index (χ3n) is 2.94. The van der Waals surface area contributed by atoms with Crippen LogP contribution in [0, 0.1) is 0 Å². The van der Waals surface area contributed by atoms with Crippen molar-refractivity contribution in [2.75, 3.05) is 6.54 Å². The second kappa shape index (κ2) is 2.82. The number of rotatable bonds is 2. The van der Waals surface area contributed by atoms with Crippen LogP contribution in [0.5, 0.6) is 0 Å². The molecule has 1 fully saturated rings. The highest BCUT2D eigenvalue weighted by molar-refractivity contribution is 5.17. The van der Waals surface area contributed by atoms with E-state index >= 15 is 0 Å². The van der Waals surface area contributed by atoms with E-state index in [4.69, 9.17) is 5.73 Å². The lowest BCUT2D eigenvalue weighted by Crippen LogP contribution is -2.51. The van der Waals surface area contributed by atoms with Crippen LogP contribution in [-0.2, 0) is 12.5 Å². The van der Waals surface area contributed by atoms with Crippen LogP contribution in [0.4, 0.5) is 0 Å². The quantitative estimate of drug-likeness (QED) is 0.662. The summed E-state index contributed by atoms with van der Waals surface area (Å²) >= 11 is 0. The maximum Gasteiger partial charge on any atom is 0.116 e. The third-order valence-corrected chi connectivity index (χ3v) is 2.94. The van der Waals surface area contributed by atoms with Gasteiger partial charge in [-0.25, -0.2) is 4.98 Å². The fourth-order valence-electron chi connectivity index (χ4n) is 2.16. The minimum atomic E-state index is -0.194. The maximum atomic E-state index is 9.31. The Labute approximate surface area is 77.4 Å². The van der Waals surface area contributed by atoms with E-state index in [0.717, 1.165) is 18.7 Å². The molecule has 0 unspecified atom stereocenters. The van der Waals surface area contributed by atoms with Crippen molar-refractivity contribution < 1.29 is 5.11 Å². The molecule has 1 aliphatic carbocycles. The van der Waals surface area contributed by atoms with Crippen molar-refractivity contribution in [2.24, 2.45) is 12.8 Å². The molecule has 1 aromatic heterocycles. The van der Waals surface area contributed by atoms with E-state index in [1.807, 2.05) is 17.8 Å². The fourth-order valence-corrected chi connectivity index (χ4v) is 2.16. The summed E-state index contributed by atoms with van der Waals surface area (Å²) in [6.07, 6.45) is 4.98. The summed E-state index contributed by atoms with van der Waals surface area (Å²) in [6.45, 7) is 0.564. The molecule has 0 aliphatic heterocycles. The molecule has 1 saturated carbocycles. The maximum absolute atomic E-state index is 9.31. The summed E-state index contributed by atoms with van der Waals surface area (Å²) < 4.78 is 1.98. The Balaban J connectivity index is 2.28. The Bertz CT molecular complexity index is 302. The molecule has 0 bridgehead atoms. The van der Waals surface area contributed by atoms with E-state index in [1.54, 1.807) is 6.20 Å².